The number of hydrogen-bond donors (Lipinski definition) is 3. The van der Waals surface area contributed by atoms with Crippen molar-refractivity contribution < 1.29 is 4.79 Å². The first-order valence-electron chi connectivity index (χ1n) is 12.4. The minimum absolute atomic E-state index is 0.0821. The number of hydrogen-bond acceptors (Lipinski definition) is 3. The highest BCUT2D eigenvalue weighted by Crippen LogP contribution is 2.19. The van der Waals surface area contributed by atoms with E-state index >= 15 is 0 Å². The molecule has 1 amide bonds. The van der Waals surface area contributed by atoms with Crippen LogP contribution in [-0.4, -0.2) is 55.0 Å². The monoisotopic (exact) mass is 419 g/mol. The SMILES string of the molecule is CCN(CC)C(=O)/C=C(/C)NCCCN=C(NC1CCCCC1)NC1CCCCC1. The fourth-order valence-corrected chi connectivity index (χ4v) is 4.43. The molecule has 2 saturated carbocycles. The number of carbonyl (C=O) groups excluding carboxylic acids is 1. The van der Waals surface area contributed by atoms with E-state index in [1.165, 1.54) is 64.2 Å². The molecule has 0 bridgehead atoms. The zero-order valence-electron chi connectivity index (χ0n) is 19.6. The van der Waals surface area contributed by atoms with E-state index in [-0.39, 0.29) is 5.91 Å². The Morgan fingerprint density at radius 2 is 1.47 bits per heavy atom. The van der Waals surface area contributed by atoms with Gasteiger partial charge >= 0.3 is 0 Å². The van der Waals surface area contributed by atoms with Crippen LogP contribution in [0.5, 0.6) is 0 Å². The molecule has 2 fully saturated rings. The predicted molar refractivity (Wildman–Crippen MR) is 127 cm³/mol. The molecule has 0 heterocycles. The van der Waals surface area contributed by atoms with Crippen LogP contribution in [-0.2, 0) is 4.79 Å². The molecule has 2 aliphatic rings. The average Bonchev–Trinajstić information content (AvgIpc) is 2.75. The van der Waals surface area contributed by atoms with Gasteiger partial charge in [0.05, 0.1) is 0 Å². The Kier molecular flexibility index (Phi) is 11.7. The van der Waals surface area contributed by atoms with Crippen LogP contribution in [0.4, 0.5) is 0 Å². The lowest BCUT2D eigenvalue weighted by molar-refractivity contribution is -0.125. The zero-order valence-corrected chi connectivity index (χ0v) is 19.6. The Balaban J connectivity index is 1.78. The van der Waals surface area contributed by atoms with Crippen molar-refractivity contribution in [3.05, 3.63) is 11.8 Å². The molecule has 6 nitrogen and oxygen atoms in total. The Hall–Kier alpha value is -1.72. The molecule has 2 aliphatic carbocycles. The third kappa shape index (κ3) is 9.40. The molecule has 0 aromatic rings. The molecule has 0 unspecified atom stereocenters. The van der Waals surface area contributed by atoms with Crippen LogP contribution >= 0.6 is 0 Å². The van der Waals surface area contributed by atoms with Crippen LogP contribution in [0.25, 0.3) is 0 Å². The van der Waals surface area contributed by atoms with Gasteiger partial charge in [-0.2, -0.15) is 0 Å². The molecule has 3 N–H and O–H groups in total. The van der Waals surface area contributed by atoms with Gasteiger partial charge in [-0.3, -0.25) is 9.79 Å². The molecule has 0 aromatic heterocycles. The number of guanidine groups is 1. The van der Waals surface area contributed by atoms with Crippen molar-refractivity contribution in [1.82, 2.24) is 20.9 Å². The van der Waals surface area contributed by atoms with Crippen molar-refractivity contribution in [2.75, 3.05) is 26.2 Å². The number of rotatable bonds is 10. The highest BCUT2D eigenvalue weighted by atomic mass is 16.2. The summed E-state index contributed by atoms with van der Waals surface area (Å²) < 4.78 is 0. The lowest BCUT2D eigenvalue weighted by atomic mass is 9.95. The van der Waals surface area contributed by atoms with E-state index in [4.69, 9.17) is 4.99 Å². The Bertz CT molecular complexity index is 522. The fourth-order valence-electron chi connectivity index (χ4n) is 4.43. The minimum Gasteiger partial charge on any atom is -0.388 e. The zero-order chi connectivity index (χ0) is 21.6. The Labute approximate surface area is 184 Å². The molecule has 0 saturated heterocycles. The van der Waals surface area contributed by atoms with E-state index in [9.17, 15) is 4.79 Å². The summed E-state index contributed by atoms with van der Waals surface area (Å²) in [5.41, 5.74) is 0.928. The van der Waals surface area contributed by atoms with Crippen molar-refractivity contribution in [3.8, 4) is 0 Å². The molecule has 0 atom stereocenters. The van der Waals surface area contributed by atoms with Crippen LogP contribution in [0.2, 0.25) is 0 Å². The average molecular weight is 420 g/mol. The topological polar surface area (TPSA) is 68.8 Å². The van der Waals surface area contributed by atoms with Gasteiger partial charge in [0.2, 0.25) is 5.91 Å². The third-order valence-electron chi connectivity index (χ3n) is 6.32. The maximum atomic E-state index is 12.1. The standard InChI is InChI=1S/C24H45N5O/c1-4-29(5-2)23(30)19-20(3)25-17-12-18-26-24(27-21-13-8-6-9-14-21)28-22-15-10-7-11-16-22/h19,21-22,25H,4-18H2,1-3H3,(H2,26,27,28)/b20-19-. The third-order valence-corrected chi connectivity index (χ3v) is 6.32. The second-order valence-corrected chi connectivity index (χ2v) is 8.81. The quantitative estimate of drug-likeness (QED) is 0.217. The van der Waals surface area contributed by atoms with Gasteiger partial charge in [-0.1, -0.05) is 38.5 Å². The summed E-state index contributed by atoms with van der Waals surface area (Å²) in [5, 5.41) is 10.8. The molecular formula is C24H45N5O. The first-order chi connectivity index (χ1) is 14.6. The van der Waals surface area contributed by atoms with Gasteiger partial charge in [-0.15, -0.1) is 0 Å². The van der Waals surface area contributed by atoms with Gasteiger partial charge < -0.3 is 20.9 Å². The van der Waals surface area contributed by atoms with Gasteiger partial charge in [-0.25, -0.2) is 0 Å². The number of nitrogens with zero attached hydrogens (tertiary/aromatic N) is 2. The summed E-state index contributed by atoms with van der Waals surface area (Å²) in [6.45, 7) is 9.10. The van der Waals surface area contributed by atoms with Gasteiger partial charge in [0.25, 0.3) is 0 Å². The van der Waals surface area contributed by atoms with Gasteiger partial charge in [0, 0.05) is 50.0 Å². The number of nitrogens with one attached hydrogen (secondary N) is 3. The van der Waals surface area contributed by atoms with Crippen LogP contribution in [0.3, 0.4) is 0 Å². The van der Waals surface area contributed by atoms with Crippen molar-refractivity contribution in [2.45, 2.75) is 103 Å². The summed E-state index contributed by atoms with van der Waals surface area (Å²) in [4.78, 5) is 18.9. The highest BCUT2D eigenvalue weighted by molar-refractivity contribution is 5.88. The second-order valence-electron chi connectivity index (χ2n) is 8.81. The first kappa shape index (κ1) is 24.5. The van der Waals surface area contributed by atoms with Crippen LogP contribution in [0.1, 0.15) is 91.4 Å². The maximum Gasteiger partial charge on any atom is 0.248 e. The second kappa shape index (κ2) is 14.3. The summed E-state index contributed by atoms with van der Waals surface area (Å²) in [6.07, 6.45) is 15.8. The lowest BCUT2D eigenvalue weighted by Gasteiger charge is -2.29. The van der Waals surface area contributed by atoms with E-state index in [2.05, 4.69) is 16.0 Å². The number of aliphatic imine (C=N–C) groups is 1. The summed E-state index contributed by atoms with van der Waals surface area (Å²) in [6, 6.07) is 1.14. The van der Waals surface area contributed by atoms with Crippen LogP contribution < -0.4 is 16.0 Å². The summed E-state index contributed by atoms with van der Waals surface area (Å²) in [7, 11) is 0. The molecule has 0 radical (unpaired) electrons. The predicted octanol–water partition coefficient (Wildman–Crippen LogP) is 3.94. The number of allylic oxidation sites excluding steroid dienone is 1. The van der Waals surface area contributed by atoms with E-state index in [0.29, 0.717) is 12.1 Å². The van der Waals surface area contributed by atoms with E-state index in [1.54, 1.807) is 6.08 Å². The van der Waals surface area contributed by atoms with Crippen LogP contribution in [0, 0.1) is 0 Å². The highest BCUT2D eigenvalue weighted by Gasteiger charge is 2.18. The molecule has 6 heteroatoms. The van der Waals surface area contributed by atoms with Crippen molar-refractivity contribution >= 4 is 11.9 Å². The number of amides is 1. The summed E-state index contributed by atoms with van der Waals surface area (Å²) in [5.74, 6) is 1.09. The van der Waals surface area contributed by atoms with E-state index < -0.39 is 0 Å². The number of carbonyl (C=O) groups is 1. The minimum atomic E-state index is 0.0821. The molecule has 0 aliphatic heterocycles. The van der Waals surface area contributed by atoms with Gasteiger partial charge in [0.1, 0.15) is 0 Å². The molecule has 172 valence electrons. The maximum absolute atomic E-state index is 12.1. The van der Waals surface area contributed by atoms with Crippen molar-refractivity contribution in [1.29, 1.82) is 0 Å². The van der Waals surface area contributed by atoms with Crippen LogP contribution in [0.15, 0.2) is 16.8 Å². The number of likely N-dealkylation sites (N-methyl/N-ethyl adjacent to an activating group) is 1. The Morgan fingerprint density at radius 3 is 1.97 bits per heavy atom. The molecular weight excluding hydrogens is 374 g/mol. The molecule has 2 rings (SSSR count). The van der Waals surface area contributed by atoms with Crippen molar-refractivity contribution in [3.63, 3.8) is 0 Å². The molecule has 0 spiro atoms. The van der Waals surface area contributed by atoms with E-state index in [1.807, 2.05) is 25.7 Å². The lowest BCUT2D eigenvalue weighted by Crippen LogP contribution is -2.48. The van der Waals surface area contributed by atoms with Gasteiger partial charge in [-0.05, 0) is 52.9 Å². The Morgan fingerprint density at radius 1 is 0.933 bits per heavy atom. The van der Waals surface area contributed by atoms with E-state index in [0.717, 1.165) is 44.3 Å². The summed E-state index contributed by atoms with van der Waals surface area (Å²) >= 11 is 0. The molecule has 30 heavy (non-hydrogen) atoms. The smallest absolute Gasteiger partial charge is 0.248 e. The van der Waals surface area contributed by atoms with Crippen molar-refractivity contribution in [2.24, 2.45) is 4.99 Å². The molecule has 0 aromatic carbocycles. The van der Waals surface area contributed by atoms with Gasteiger partial charge in [0.15, 0.2) is 5.96 Å². The normalized spacial score (nSPS) is 18.6. The first-order valence-corrected chi connectivity index (χ1v) is 12.4. The fraction of sp³-hybridized carbons (Fsp3) is 0.833. The largest absolute Gasteiger partial charge is 0.388 e.